The largest absolute Gasteiger partial charge is 0.394 e. The summed E-state index contributed by atoms with van der Waals surface area (Å²) < 4.78 is 19.4. The summed E-state index contributed by atoms with van der Waals surface area (Å²) in [5.41, 5.74) is -0.153. The molecule has 1 aliphatic heterocycles. The fraction of sp³-hybridized carbons (Fsp3) is 0.294. The van der Waals surface area contributed by atoms with Gasteiger partial charge < -0.3 is 14.4 Å². The maximum Gasteiger partial charge on any atom is 0.148 e. The third kappa shape index (κ3) is 2.57. The normalized spacial score (nSPS) is 22.8. The van der Waals surface area contributed by atoms with E-state index >= 15 is 0 Å². The molecule has 1 saturated heterocycles. The van der Waals surface area contributed by atoms with Crippen LogP contribution in [-0.4, -0.2) is 29.6 Å². The molecule has 3 rings (SSSR count). The molecule has 1 N–H and O–H groups in total. The van der Waals surface area contributed by atoms with Crippen molar-refractivity contribution >= 4 is 17.8 Å². The predicted octanol–water partition coefficient (Wildman–Crippen LogP) is 2.15. The summed E-state index contributed by atoms with van der Waals surface area (Å²) >= 11 is 0. The second-order valence-electron chi connectivity index (χ2n) is 5.39. The van der Waals surface area contributed by atoms with Crippen LogP contribution in [0.25, 0.3) is 0 Å². The Kier molecular flexibility index (Phi) is 3.99. The van der Waals surface area contributed by atoms with Crippen molar-refractivity contribution in [3.63, 3.8) is 0 Å². The van der Waals surface area contributed by atoms with Crippen LogP contribution in [0.2, 0.25) is 0 Å². The average molecular weight is 302 g/mol. The highest BCUT2D eigenvalue weighted by atomic mass is 31.2. The molecule has 1 heterocycles. The first kappa shape index (κ1) is 14.5. The van der Waals surface area contributed by atoms with Gasteiger partial charge in [0.15, 0.2) is 0 Å². The lowest BCUT2D eigenvalue weighted by Gasteiger charge is -2.25. The summed E-state index contributed by atoms with van der Waals surface area (Å²) in [5.74, 6) is 0. The molecule has 0 unspecified atom stereocenters. The Balaban J connectivity index is 2.06. The molecule has 0 radical (unpaired) electrons. The van der Waals surface area contributed by atoms with Crippen molar-refractivity contribution in [1.29, 1.82) is 0 Å². The minimum absolute atomic E-state index is 0.0153. The Morgan fingerprint density at radius 2 is 1.52 bits per heavy atom. The van der Waals surface area contributed by atoms with Gasteiger partial charge in [-0.3, -0.25) is 0 Å². The summed E-state index contributed by atoms with van der Waals surface area (Å²) in [6.45, 7) is 1.94. The molecule has 21 heavy (non-hydrogen) atoms. The topological polar surface area (TPSA) is 49.8 Å². The first-order valence-corrected chi connectivity index (χ1v) is 8.93. The fourth-order valence-corrected chi connectivity index (χ4v) is 6.00. The van der Waals surface area contributed by atoms with Gasteiger partial charge in [0.05, 0.1) is 12.7 Å². The van der Waals surface area contributed by atoms with Gasteiger partial charge in [-0.15, -0.1) is 0 Å². The van der Waals surface area contributed by atoms with Crippen molar-refractivity contribution < 1.29 is 14.4 Å². The second kappa shape index (κ2) is 5.76. The minimum Gasteiger partial charge on any atom is -0.394 e. The van der Waals surface area contributed by atoms with Crippen LogP contribution in [0.1, 0.15) is 6.92 Å². The van der Waals surface area contributed by atoms with Crippen molar-refractivity contribution in [3.05, 3.63) is 60.7 Å². The molecule has 2 aromatic carbocycles. The highest BCUT2D eigenvalue weighted by Crippen LogP contribution is 2.53. The van der Waals surface area contributed by atoms with E-state index in [1.165, 1.54) is 0 Å². The second-order valence-corrected chi connectivity index (χ2v) is 8.55. The highest BCUT2D eigenvalue weighted by Gasteiger charge is 2.50. The number of epoxide rings is 1. The zero-order chi connectivity index (χ0) is 14.9. The van der Waals surface area contributed by atoms with E-state index in [4.69, 9.17) is 4.74 Å². The van der Waals surface area contributed by atoms with E-state index in [2.05, 4.69) is 0 Å². The van der Waals surface area contributed by atoms with Gasteiger partial charge in [-0.1, -0.05) is 67.6 Å². The monoisotopic (exact) mass is 302 g/mol. The molecular weight excluding hydrogens is 283 g/mol. The number of aliphatic hydroxyl groups excluding tert-OH is 1. The molecule has 2 aromatic rings. The van der Waals surface area contributed by atoms with Crippen LogP contribution in [0.15, 0.2) is 60.7 Å². The summed E-state index contributed by atoms with van der Waals surface area (Å²) in [5, 5.41) is 10.9. The Bertz CT molecular complexity index is 598. The van der Waals surface area contributed by atoms with Crippen LogP contribution in [0.3, 0.4) is 0 Å². The standard InChI is InChI=1S/C17H19O3P/c1-13(17-16(12-18)20-17)21(19,14-8-4-2-5-9-14)15-10-6-3-7-11-15/h2-11,13,16-18H,12H2,1H3/t13-,16-,17-/m0/s1. The van der Waals surface area contributed by atoms with Gasteiger partial charge in [-0.05, 0) is 0 Å². The van der Waals surface area contributed by atoms with Gasteiger partial charge in [0.25, 0.3) is 0 Å². The zero-order valence-electron chi connectivity index (χ0n) is 11.9. The van der Waals surface area contributed by atoms with Gasteiger partial charge in [0.1, 0.15) is 13.2 Å². The van der Waals surface area contributed by atoms with E-state index < -0.39 is 7.14 Å². The molecule has 0 saturated carbocycles. The van der Waals surface area contributed by atoms with E-state index in [1.807, 2.05) is 67.6 Å². The van der Waals surface area contributed by atoms with E-state index in [0.717, 1.165) is 10.6 Å². The third-order valence-corrected chi connectivity index (χ3v) is 7.70. The molecule has 0 amide bonds. The molecule has 110 valence electrons. The average Bonchev–Trinajstić information content (AvgIpc) is 3.34. The smallest absolute Gasteiger partial charge is 0.148 e. The molecule has 0 spiro atoms. The summed E-state index contributed by atoms with van der Waals surface area (Å²) in [4.78, 5) is 0. The first-order chi connectivity index (χ1) is 10.2. The molecule has 0 aliphatic carbocycles. The minimum atomic E-state index is -2.80. The number of aliphatic hydroxyl groups is 1. The van der Waals surface area contributed by atoms with Gasteiger partial charge in [-0.2, -0.15) is 0 Å². The fourth-order valence-electron chi connectivity index (χ4n) is 2.85. The van der Waals surface area contributed by atoms with Gasteiger partial charge in [0.2, 0.25) is 0 Å². The Morgan fingerprint density at radius 1 is 1.05 bits per heavy atom. The van der Waals surface area contributed by atoms with Gasteiger partial charge in [-0.25, -0.2) is 0 Å². The molecular formula is C17H19O3P. The molecule has 3 nitrogen and oxygen atoms in total. The van der Waals surface area contributed by atoms with Crippen LogP contribution in [-0.2, 0) is 9.30 Å². The quantitative estimate of drug-likeness (QED) is 0.680. The molecule has 4 heteroatoms. The van der Waals surface area contributed by atoms with E-state index in [-0.39, 0.29) is 24.5 Å². The molecule has 0 aromatic heterocycles. The number of rotatable bonds is 5. The lowest BCUT2D eigenvalue weighted by molar-refractivity contribution is 0.242. The van der Waals surface area contributed by atoms with Gasteiger partial charge >= 0.3 is 0 Å². The molecule has 1 fully saturated rings. The zero-order valence-corrected chi connectivity index (χ0v) is 12.8. The van der Waals surface area contributed by atoms with Crippen LogP contribution in [0.4, 0.5) is 0 Å². The predicted molar refractivity (Wildman–Crippen MR) is 85.0 cm³/mol. The maximum atomic E-state index is 13.9. The number of benzene rings is 2. The molecule has 0 bridgehead atoms. The highest BCUT2D eigenvalue weighted by molar-refractivity contribution is 7.79. The van der Waals surface area contributed by atoms with Crippen molar-refractivity contribution in [3.8, 4) is 0 Å². The van der Waals surface area contributed by atoms with Crippen LogP contribution in [0.5, 0.6) is 0 Å². The Labute approximate surface area is 125 Å². The maximum absolute atomic E-state index is 13.9. The number of ether oxygens (including phenoxy) is 1. The first-order valence-electron chi connectivity index (χ1n) is 7.15. The van der Waals surface area contributed by atoms with Crippen molar-refractivity contribution in [2.45, 2.75) is 24.8 Å². The van der Waals surface area contributed by atoms with E-state index in [9.17, 15) is 9.67 Å². The SMILES string of the molecule is C[C@@H]([C@@H]1O[C@H]1CO)P(=O)(c1ccccc1)c1ccccc1. The van der Waals surface area contributed by atoms with E-state index in [1.54, 1.807) is 0 Å². The lowest BCUT2D eigenvalue weighted by atomic mass is 10.2. The van der Waals surface area contributed by atoms with Crippen molar-refractivity contribution in [1.82, 2.24) is 0 Å². The summed E-state index contributed by atoms with van der Waals surface area (Å²) in [6.07, 6.45) is -0.318. The van der Waals surface area contributed by atoms with Crippen molar-refractivity contribution in [2.75, 3.05) is 6.61 Å². The Hall–Kier alpha value is -1.41. The number of hydrogen-bond acceptors (Lipinski definition) is 3. The van der Waals surface area contributed by atoms with Crippen LogP contribution >= 0.6 is 7.14 Å². The van der Waals surface area contributed by atoms with Crippen molar-refractivity contribution in [2.24, 2.45) is 0 Å². The van der Waals surface area contributed by atoms with Crippen LogP contribution < -0.4 is 10.6 Å². The Morgan fingerprint density at radius 3 is 1.90 bits per heavy atom. The third-order valence-electron chi connectivity index (χ3n) is 4.13. The van der Waals surface area contributed by atoms with E-state index in [0.29, 0.717) is 0 Å². The van der Waals surface area contributed by atoms with Crippen LogP contribution in [0, 0.1) is 0 Å². The van der Waals surface area contributed by atoms with Gasteiger partial charge in [0, 0.05) is 16.3 Å². The lowest BCUT2D eigenvalue weighted by Crippen LogP contribution is -2.28. The molecule has 1 aliphatic rings. The molecule has 3 atom stereocenters. The summed E-state index contributed by atoms with van der Waals surface area (Å²) in [7, 11) is -2.80. The summed E-state index contributed by atoms with van der Waals surface area (Å²) in [6, 6.07) is 19.2. The number of hydrogen-bond donors (Lipinski definition) is 1.